The summed E-state index contributed by atoms with van der Waals surface area (Å²) in [6.45, 7) is 0.902. The predicted octanol–water partition coefficient (Wildman–Crippen LogP) is 3.87. The van der Waals surface area contributed by atoms with Crippen LogP contribution in [0.4, 0.5) is 17.6 Å². The maximum absolute atomic E-state index is 14.0. The van der Waals surface area contributed by atoms with Gasteiger partial charge in [0.15, 0.2) is 12.4 Å². The van der Waals surface area contributed by atoms with Crippen LogP contribution in [0.25, 0.3) is 0 Å². The minimum atomic E-state index is -6.38. The zero-order valence-corrected chi connectivity index (χ0v) is 17.1. The third-order valence-electron chi connectivity index (χ3n) is 5.01. The summed E-state index contributed by atoms with van der Waals surface area (Å²) in [6, 6.07) is 5.29. The van der Waals surface area contributed by atoms with E-state index in [9.17, 15) is 30.8 Å². The third kappa shape index (κ3) is 4.76. The van der Waals surface area contributed by atoms with Gasteiger partial charge >= 0.3 is 27.3 Å². The molecule has 1 aromatic rings. The summed E-state index contributed by atoms with van der Waals surface area (Å²) in [5.41, 5.74) is 1.44. The molecule has 1 aliphatic carbocycles. The Morgan fingerprint density at radius 1 is 1.19 bits per heavy atom. The van der Waals surface area contributed by atoms with Crippen LogP contribution in [0.15, 0.2) is 35.9 Å². The fraction of sp³-hybridized carbons (Fsp3) is 0.526. The van der Waals surface area contributed by atoms with Crippen molar-refractivity contribution in [1.82, 2.24) is 0 Å². The topological polar surface area (TPSA) is 99.1 Å². The van der Waals surface area contributed by atoms with Crippen LogP contribution >= 0.6 is 0 Å². The molecule has 1 fully saturated rings. The molecule has 1 saturated heterocycles. The molecular weight excluding hydrogens is 448 g/mol. The number of ether oxygens (including phenoxy) is 3. The highest BCUT2D eigenvalue weighted by Crippen LogP contribution is 2.45. The van der Waals surface area contributed by atoms with Crippen LogP contribution in [-0.4, -0.2) is 48.9 Å². The summed E-state index contributed by atoms with van der Waals surface area (Å²) >= 11 is 0. The van der Waals surface area contributed by atoms with E-state index in [2.05, 4.69) is 0 Å². The van der Waals surface area contributed by atoms with Crippen molar-refractivity contribution < 1.29 is 49.5 Å². The molecule has 0 saturated carbocycles. The number of benzene rings is 1. The summed E-state index contributed by atoms with van der Waals surface area (Å²) in [7, 11) is -6.38. The lowest BCUT2D eigenvalue weighted by Crippen LogP contribution is -2.54. The predicted molar refractivity (Wildman–Crippen MR) is 98.3 cm³/mol. The Balaban J connectivity index is 1.66. The van der Waals surface area contributed by atoms with Crippen LogP contribution in [0.1, 0.15) is 48.4 Å². The van der Waals surface area contributed by atoms with Gasteiger partial charge in [-0.05, 0) is 44.4 Å². The van der Waals surface area contributed by atoms with Crippen LogP contribution in [0.5, 0.6) is 0 Å². The van der Waals surface area contributed by atoms with E-state index in [4.69, 9.17) is 18.8 Å². The van der Waals surface area contributed by atoms with Gasteiger partial charge in [0, 0.05) is 5.56 Å². The normalized spacial score (nSPS) is 25.2. The van der Waals surface area contributed by atoms with Crippen molar-refractivity contribution in [3.05, 3.63) is 47.0 Å². The zero-order valence-electron chi connectivity index (χ0n) is 16.3. The van der Waals surface area contributed by atoms with Gasteiger partial charge in [-0.15, -0.1) is 0 Å². The molecule has 2 aliphatic rings. The largest absolute Gasteiger partial charge is 0.455 e. The molecule has 3 unspecified atom stereocenters. The third-order valence-corrected chi connectivity index (χ3v) is 5.93. The van der Waals surface area contributed by atoms with E-state index in [-0.39, 0.29) is 17.2 Å². The van der Waals surface area contributed by atoms with Gasteiger partial charge in [0.05, 0.1) is 12.2 Å². The first-order valence-corrected chi connectivity index (χ1v) is 10.7. The zero-order chi connectivity index (χ0) is 23.0. The molecule has 172 valence electrons. The van der Waals surface area contributed by atoms with E-state index in [1.54, 1.807) is 0 Å². The average Bonchev–Trinajstić information content (AvgIpc) is 3.18. The minimum absolute atomic E-state index is 0.137. The Kier molecular flexibility index (Phi) is 6.47. The molecule has 0 bridgehead atoms. The highest BCUT2D eigenvalue weighted by molar-refractivity contribution is 7.87. The van der Waals surface area contributed by atoms with Gasteiger partial charge in [-0.3, -0.25) is 4.55 Å². The first kappa shape index (κ1) is 23.6. The second-order valence-electron chi connectivity index (χ2n) is 7.38. The van der Waals surface area contributed by atoms with Gasteiger partial charge < -0.3 is 14.2 Å². The van der Waals surface area contributed by atoms with Gasteiger partial charge in [0.1, 0.15) is 6.10 Å². The van der Waals surface area contributed by atoms with Crippen molar-refractivity contribution in [1.29, 1.82) is 0 Å². The molecule has 1 heterocycles. The van der Waals surface area contributed by atoms with Crippen molar-refractivity contribution in [3.8, 4) is 0 Å². The molecule has 12 heteroatoms. The van der Waals surface area contributed by atoms with Crippen LogP contribution in [0.3, 0.4) is 0 Å². The summed E-state index contributed by atoms with van der Waals surface area (Å²) in [6.07, 6.45) is -0.0385. The number of alkyl halides is 4. The summed E-state index contributed by atoms with van der Waals surface area (Å²) < 4.78 is 99.7. The Morgan fingerprint density at radius 3 is 2.42 bits per heavy atom. The monoisotopic (exact) mass is 468 g/mol. The number of carbonyl (C=O) groups excluding carboxylic acids is 1. The Bertz CT molecular complexity index is 960. The van der Waals surface area contributed by atoms with Crippen molar-refractivity contribution in [3.63, 3.8) is 0 Å². The Labute approximate surface area is 175 Å². The van der Waals surface area contributed by atoms with Crippen LogP contribution in [0, 0.1) is 0 Å². The number of hydrogen-bond donors (Lipinski definition) is 1. The van der Waals surface area contributed by atoms with E-state index in [0.717, 1.165) is 18.4 Å². The SMILES string of the molecule is CC1=CC(OC(=O)c2ccc(C3OCC(C(F)(F)C(F)(F)S(=O)(=O)O)O3)cc2)CCC1. The van der Waals surface area contributed by atoms with E-state index >= 15 is 0 Å². The standard InChI is InChI=1S/C19H20F4O7S/c1-11-3-2-4-14(9-11)29-16(24)12-5-7-13(8-6-12)17-28-10-15(30-17)18(20,21)19(22,23)31(25,26)27/h5-9,14-15,17H,2-4,10H2,1H3,(H,25,26,27). The molecule has 0 spiro atoms. The molecule has 3 rings (SSSR count). The second-order valence-corrected chi connectivity index (χ2v) is 8.84. The van der Waals surface area contributed by atoms with E-state index in [1.165, 1.54) is 24.3 Å². The minimum Gasteiger partial charge on any atom is -0.455 e. The maximum Gasteiger partial charge on any atom is 0.434 e. The first-order chi connectivity index (χ1) is 14.3. The molecule has 1 aromatic carbocycles. The van der Waals surface area contributed by atoms with Crippen molar-refractivity contribution in [2.24, 2.45) is 0 Å². The van der Waals surface area contributed by atoms with Gasteiger partial charge in [-0.2, -0.15) is 26.0 Å². The molecule has 0 aromatic heterocycles. The fourth-order valence-electron chi connectivity index (χ4n) is 3.27. The quantitative estimate of drug-likeness (QED) is 0.293. The van der Waals surface area contributed by atoms with Gasteiger partial charge in [0.2, 0.25) is 0 Å². The molecule has 1 N–H and O–H groups in total. The lowest BCUT2D eigenvalue weighted by Gasteiger charge is -2.27. The van der Waals surface area contributed by atoms with Crippen molar-refractivity contribution in [2.75, 3.05) is 6.61 Å². The van der Waals surface area contributed by atoms with E-state index in [0.29, 0.717) is 6.42 Å². The molecule has 3 atom stereocenters. The van der Waals surface area contributed by atoms with Crippen molar-refractivity contribution >= 4 is 16.1 Å². The number of hydrogen-bond acceptors (Lipinski definition) is 6. The van der Waals surface area contributed by atoms with Crippen LogP contribution < -0.4 is 0 Å². The fourth-order valence-corrected chi connectivity index (χ4v) is 3.74. The smallest absolute Gasteiger partial charge is 0.434 e. The highest BCUT2D eigenvalue weighted by Gasteiger charge is 2.71. The maximum atomic E-state index is 14.0. The molecular formula is C19H20F4O7S. The second kappa shape index (κ2) is 8.49. The highest BCUT2D eigenvalue weighted by atomic mass is 32.2. The van der Waals surface area contributed by atoms with Crippen LogP contribution in [-0.2, 0) is 24.3 Å². The number of halogens is 4. The van der Waals surface area contributed by atoms with Gasteiger partial charge in [-0.25, -0.2) is 4.79 Å². The number of esters is 1. The Hall–Kier alpha value is -2.02. The van der Waals surface area contributed by atoms with E-state index in [1.807, 2.05) is 13.0 Å². The molecule has 7 nitrogen and oxygen atoms in total. The lowest BCUT2D eigenvalue weighted by molar-refractivity contribution is -0.223. The molecule has 0 radical (unpaired) electrons. The number of rotatable bonds is 6. The molecule has 31 heavy (non-hydrogen) atoms. The Morgan fingerprint density at radius 2 is 1.84 bits per heavy atom. The molecule has 0 amide bonds. The summed E-state index contributed by atoms with van der Waals surface area (Å²) in [5.74, 6) is -5.84. The van der Waals surface area contributed by atoms with Crippen LogP contribution in [0.2, 0.25) is 0 Å². The average molecular weight is 468 g/mol. The lowest BCUT2D eigenvalue weighted by atomic mass is 9.99. The summed E-state index contributed by atoms with van der Waals surface area (Å²) in [4.78, 5) is 12.3. The number of allylic oxidation sites excluding steroid dienone is 1. The summed E-state index contributed by atoms with van der Waals surface area (Å²) in [5, 5.41) is -5.76. The van der Waals surface area contributed by atoms with Crippen molar-refractivity contribution in [2.45, 2.75) is 55.9 Å². The van der Waals surface area contributed by atoms with E-state index < -0.39 is 46.3 Å². The van der Waals surface area contributed by atoms with Gasteiger partial charge in [0.25, 0.3) is 0 Å². The molecule has 1 aliphatic heterocycles. The number of carbonyl (C=O) groups is 1. The van der Waals surface area contributed by atoms with Gasteiger partial charge in [-0.1, -0.05) is 17.7 Å². The first-order valence-electron chi connectivity index (χ1n) is 9.31.